The smallest absolute Gasteiger partial charge is 0.331 e. The topological polar surface area (TPSA) is 102 Å². The number of hydrogen-bond acceptors (Lipinski definition) is 4. The van der Waals surface area contributed by atoms with Crippen LogP contribution in [0.4, 0.5) is 0 Å². The average Bonchev–Trinajstić information content (AvgIpc) is 2.81. The van der Waals surface area contributed by atoms with E-state index in [0.29, 0.717) is 13.0 Å². The Morgan fingerprint density at radius 2 is 2.05 bits per heavy atom. The van der Waals surface area contributed by atoms with Crippen molar-refractivity contribution in [2.24, 2.45) is 13.0 Å². The number of rotatable bonds is 3. The van der Waals surface area contributed by atoms with Gasteiger partial charge in [-0.15, -0.1) is 0 Å². The van der Waals surface area contributed by atoms with Gasteiger partial charge in [-0.2, -0.15) is 0 Å². The fourth-order valence-corrected chi connectivity index (χ4v) is 2.58. The maximum absolute atomic E-state index is 12.2. The maximum atomic E-state index is 12.2. The van der Waals surface area contributed by atoms with E-state index in [0.717, 1.165) is 9.13 Å². The van der Waals surface area contributed by atoms with Crippen molar-refractivity contribution >= 4 is 11.9 Å². The van der Waals surface area contributed by atoms with E-state index in [-0.39, 0.29) is 12.5 Å². The molecule has 0 aliphatic carbocycles. The van der Waals surface area contributed by atoms with Crippen molar-refractivity contribution in [1.82, 2.24) is 14.0 Å². The van der Waals surface area contributed by atoms with E-state index in [1.54, 1.807) is 6.92 Å². The molecule has 2 atom stereocenters. The van der Waals surface area contributed by atoms with Crippen LogP contribution in [0.15, 0.2) is 21.9 Å². The molecule has 114 valence electrons. The molecule has 8 nitrogen and oxygen atoms in total. The normalized spacial score (nSPS) is 21.5. The molecule has 1 aliphatic heterocycles. The van der Waals surface area contributed by atoms with Crippen LogP contribution >= 0.6 is 0 Å². The molecule has 0 bridgehead atoms. The molecule has 1 aromatic heterocycles. The van der Waals surface area contributed by atoms with Crippen LogP contribution in [0.3, 0.4) is 0 Å². The van der Waals surface area contributed by atoms with Gasteiger partial charge in [0.2, 0.25) is 5.91 Å². The molecular weight excluding hydrogens is 278 g/mol. The summed E-state index contributed by atoms with van der Waals surface area (Å²) in [4.78, 5) is 47.9. The lowest BCUT2D eigenvalue weighted by Gasteiger charge is -2.23. The minimum absolute atomic E-state index is 0.122. The molecule has 8 heteroatoms. The molecule has 2 unspecified atom stereocenters. The lowest BCUT2D eigenvalue weighted by Crippen LogP contribution is -2.46. The molecule has 1 amide bonds. The Kier molecular flexibility index (Phi) is 3.97. The summed E-state index contributed by atoms with van der Waals surface area (Å²) in [5, 5.41) is 9.20. The number of carboxylic acids is 1. The van der Waals surface area contributed by atoms with E-state index in [9.17, 15) is 24.3 Å². The summed E-state index contributed by atoms with van der Waals surface area (Å²) in [5.41, 5.74) is -1.06. The summed E-state index contributed by atoms with van der Waals surface area (Å²) >= 11 is 0. The summed E-state index contributed by atoms with van der Waals surface area (Å²) in [6, 6.07) is 0.330. The van der Waals surface area contributed by atoms with E-state index in [4.69, 9.17) is 0 Å². The van der Waals surface area contributed by atoms with Gasteiger partial charge in [0.1, 0.15) is 12.6 Å². The molecule has 2 rings (SSSR count). The van der Waals surface area contributed by atoms with Crippen LogP contribution in [-0.4, -0.2) is 43.6 Å². The van der Waals surface area contributed by atoms with Gasteiger partial charge in [-0.25, -0.2) is 9.59 Å². The van der Waals surface area contributed by atoms with Gasteiger partial charge in [0.05, 0.1) is 0 Å². The van der Waals surface area contributed by atoms with Crippen molar-refractivity contribution in [3.05, 3.63) is 33.1 Å². The van der Waals surface area contributed by atoms with Crippen molar-refractivity contribution in [3.63, 3.8) is 0 Å². The number of carbonyl (C=O) groups excluding carboxylic acids is 1. The van der Waals surface area contributed by atoms with Gasteiger partial charge in [-0.05, 0) is 12.3 Å². The Morgan fingerprint density at radius 1 is 1.38 bits per heavy atom. The Morgan fingerprint density at radius 3 is 2.67 bits per heavy atom. The maximum Gasteiger partial charge on any atom is 0.331 e. The van der Waals surface area contributed by atoms with Gasteiger partial charge in [0, 0.05) is 25.9 Å². The molecule has 0 radical (unpaired) electrons. The zero-order valence-electron chi connectivity index (χ0n) is 11.9. The lowest BCUT2D eigenvalue weighted by molar-refractivity contribution is -0.149. The number of carbonyl (C=O) groups is 2. The van der Waals surface area contributed by atoms with Crippen LogP contribution in [0.25, 0.3) is 0 Å². The van der Waals surface area contributed by atoms with Gasteiger partial charge in [0.25, 0.3) is 5.56 Å². The molecule has 1 saturated heterocycles. The zero-order chi connectivity index (χ0) is 15.7. The number of amides is 1. The fraction of sp³-hybridized carbons (Fsp3) is 0.538. The van der Waals surface area contributed by atoms with E-state index in [1.165, 1.54) is 24.2 Å². The molecule has 0 saturated carbocycles. The molecule has 1 fully saturated rings. The first kappa shape index (κ1) is 15.0. The van der Waals surface area contributed by atoms with Crippen molar-refractivity contribution in [1.29, 1.82) is 0 Å². The van der Waals surface area contributed by atoms with Gasteiger partial charge in [-0.3, -0.25) is 18.7 Å². The first-order valence-electron chi connectivity index (χ1n) is 6.61. The summed E-state index contributed by atoms with van der Waals surface area (Å²) in [7, 11) is 1.32. The summed E-state index contributed by atoms with van der Waals surface area (Å²) < 4.78 is 2.00. The number of hydrogen-bond donors (Lipinski definition) is 1. The van der Waals surface area contributed by atoms with Crippen molar-refractivity contribution in [2.75, 3.05) is 6.54 Å². The van der Waals surface area contributed by atoms with Gasteiger partial charge < -0.3 is 10.0 Å². The minimum Gasteiger partial charge on any atom is -0.480 e. The van der Waals surface area contributed by atoms with Gasteiger partial charge in [-0.1, -0.05) is 6.92 Å². The average molecular weight is 295 g/mol. The minimum atomic E-state index is -1.04. The van der Waals surface area contributed by atoms with E-state index in [1.807, 2.05) is 0 Å². The largest absolute Gasteiger partial charge is 0.480 e. The monoisotopic (exact) mass is 295 g/mol. The number of aliphatic carboxylic acids is 1. The van der Waals surface area contributed by atoms with Crippen LogP contribution < -0.4 is 11.2 Å². The molecule has 1 aliphatic rings. The predicted octanol–water partition coefficient (Wildman–Crippen LogP) is -1.13. The molecule has 0 spiro atoms. The van der Waals surface area contributed by atoms with Crippen LogP contribution in [-0.2, 0) is 23.2 Å². The third kappa shape index (κ3) is 2.74. The molecule has 1 aromatic rings. The first-order chi connectivity index (χ1) is 9.82. The summed E-state index contributed by atoms with van der Waals surface area (Å²) in [5.74, 6) is -1.60. The molecule has 21 heavy (non-hydrogen) atoms. The van der Waals surface area contributed by atoms with E-state index < -0.39 is 29.2 Å². The highest BCUT2D eigenvalue weighted by molar-refractivity contribution is 5.84. The number of nitrogens with zero attached hydrogens (tertiary/aromatic N) is 3. The van der Waals surface area contributed by atoms with E-state index in [2.05, 4.69) is 0 Å². The molecule has 0 aromatic carbocycles. The Bertz CT molecular complexity index is 690. The Balaban J connectivity index is 2.23. The van der Waals surface area contributed by atoms with Crippen LogP contribution in [0.2, 0.25) is 0 Å². The van der Waals surface area contributed by atoms with Crippen LogP contribution in [0, 0.1) is 5.92 Å². The lowest BCUT2D eigenvalue weighted by atomic mass is 10.0. The second-order valence-electron chi connectivity index (χ2n) is 5.26. The molecule has 2 heterocycles. The SMILES string of the molecule is CC1CCN(C(=O)Cn2ccc(=O)n(C)c2=O)C1C(=O)O. The highest BCUT2D eigenvalue weighted by Gasteiger charge is 2.39. The van der Waals surface area contributed by atoms with Crippen LogP contribution in [0.1, 0.15) is 13.3 Å². The summed E-state index contributed by atoms with van der Waals surface area (Å²) in [6.45, 7) is 1.87. The third-order valence-corrected chi connectivity index (χ3v) is 3.84. The van der Waals surface area contributed by atoms with Crippen molar-refractivity contribution in [3.8, 4) is 0 Å². The zero-order valence-corrected chi connectivity index (χ0v) is 11.9. The number of aromatic nitrogens is 2. The second kappa shape index (κ2) is 5.55. The highest BCUT2D eigenvalue weighted by Crippen LogP contribution is 2.24. The van der Waals surface area contributed by atoms with Crippen LogP contribution in [0.5, 0.6) is 0 Å². The van der Waals surface area contributed by atoms with Gasteiger partial charge >= 0.3 is 11.7 Å². The summed E-state index contributed by atoms with van der Waals surface area (Å²) in [6.07, 6.45) is 1.86. The van der Waals surface area contributed by atoms with E-state index >= 15 is 0 Å². The van der Waals surface area contributed by atoms with Crippen molar-refractivity contribution < 1.29 is 14.7 Å². The standard InChI is InChI=1S/C13H17N3O5/c1-8-3-6-16(11(8)12(19)20)10(18)7-15-5-4-9(17)14(2)13(15)21/h4-5,8,11H,3,6-7H2,1-2H3,(H,19,20). The first-order valence-corrected chi connectivity index (χ1v) is 6.61. The Labute approximate surface area is 120 Å². The number of carboxylic acid groups (broad SMARTS) is 1. The third-order valence-electron chi connectivity index (χ3n) is 3.84. The molecular formula is C13H17N3O5. The highest BCUT2D eigenvalue weighted by atomic mass is 16.4. The fourth-order valence-electron chi connectivity index (χ4n) is 2.58. The second-order valence-corrected chi connectivity index (χ2v) is 5.26. The Hall–Kier alpha value is -2.38. The van der Waals surface area contributed by atoms with Gasteiger partial charge in [0.15, 0.2) is 0 Å². The number of likely N-dealkylation sites (tertiary alicyclic amines) is 1. The quantitative estimate of drug-likeness (QED) is 0.760. The predicted molar refractivity (Wildman–Crippen MR) is 72.9 cm³/mol. The molecule has 1 N–H and O–H groups in total. The van der Waals surface area contributed by atoms with Crippen molar-refractivity contribution in [2.45, 2.75) is 25.9 Å².